The van der Waals surface area contributed by atoms with E-state index in [1.54, 1.807) is 6.92 Å². The molecule has 0 unspecified atom stereocenters. The molecule has 3 heteroatoms. The summed E-state index contributed by atoms with van der Waals surface area (Å²) in [5.74, 6) is 0. The van der Waals surface area contributed by atoms with Crippen molar-refractivity contribution in [2.75, 3.05) is 0 Å². The maximum atomic E-state index is 10.5. The van der Waals surface area contributed by atoms with Gasteiger partial charge in [0.25, 0.3) is 0 Å². The lowest BCUT2D eigenvalue weighted by molar-refractivity contribution is -0.613. The van der Waals surface area contributed by atoms with Gasteiger partial charge in [-0.3, -0.25) is 0 Å². The first-order valence-corrected chi connectivity index (χ1v) is 2.22. The van der Waals surface area contributed by atoms with E-state index in [9.17, 15) is 5.21 Å². The van der Waals surface area contributed by atoms with Crippen molar-refractivity contribution < 1.29 is 4.73 Å². The molecule has 1 aromatic heterocycles. The Hall–Kier alpha value is -1.12. The topological polar surface area (TPSA) is 39.8 Å². The molecule has 0 spiro atoms. The van der Waals surface area contributed by atoms with Crippen LogP contribution in [-0.4, -0.2) is 4.98 Å². The van der Waals surface area contributed by atoms with E-state index in [4.69, 9.17) is 0 Å². The molecule has 1 aromatic rings. The number of aromatic nitrogens is 2. The molecule has 0 fully saturated rings. The maximum Gasteiger partial charge on any atom is 0.208 e. The second kappa shape index (κ2) is 1.78. The molecule has 3 nitrogen and oxygen atoms in total. The van der Waals surface area contributed by atoms with Crippen LogP contribution in [0.3, 0.4) is 0 Å². The Morgan fingerprint density at radius 3 is 3.00 bits per heavy atom. The van der Waals surface area contributed by atoms with Crippen LogP contribution in [0, 0.1) is 18.3 Å². The van der Waals surface area contributed by atoms with Crippen LogP contribution in [0.25, 0.3) is 0 Å². The third kappa shape index (κ3) is 0.753. The van der Waals surface area contributed by atoms with Gasteiger partial charge in [0.15, 0.2) is 6.20 Å². The lowest BCUT2D eigenvalue weighted by Crippen LogP contribution is -2.29. The Morgan fingerprint density at radius 1 is 1.88 bits per heavy atom. The van der Waals surface area contributed by atoms with E-state index in [0.29, 0.717) is 10.4 Å². The zero-order valence-corrected chi connectivity index (χ0v) is 4.46. The van der Waals surface area contributed by atoms with Crippen molar-refractivity contribution >= 4 is 0 Å². The average Bonchev–Trinajstić information content (AvgIpc) is 1.77. The van der Waals surface area contributed by atoms with Gasteiger partial charge in [-0.25, -0.2) is 4.98 Å². The summed E-state index contributed by atoms with van der Waals surface area (Å²) in [5, 5.41) is 10.5. The molecule has 0 aliphatic carbocycles. The summed E-state index contributed by atoms with van der Waals surface area (Å²) in [6.07, 6.45) is 5.11. The molecule has 0 saturated heterocycles. The molecule has 0 saturated carbocycles. The smallest absolute Gasteiger partial charge is 0.208 e. The molecule has 0 aromatic carbocycles. The van der Waals surface area contributed by atoms with Crippen LogP contribution in [0.5, 0.6) is 0 Å². The van der Waals surface area contributed by atoms with E-state index in [-0.39, 0.29) is 0 Å². The van der Waals surface area contributed by atoms with Crippen LogP contribution in [-0.2, 0) is 0 Å². The SMILES string of the molecule is Cc1cn[c]c[n+]1[O-]. The van der Waals surface area contributed by atoms with Crippen LogP contribution in [0.15, 0.2) is 12.4 Å². The largest absolute Gasteiger partial charge is 0.618 e. The van der Waals surface area contributed by atoms with Crippen molar-refractivity contribution in [1.29, 1.82) is 0 Å². The first-order chi connectivity index (χ1) is 3.80. The number of rotatable bonds is 0. The molecule has 0 N–H and O–H groups in total. The Kier molecular flexibility index (Phi) is 1.12. The van der Waals surface area contributed by atoms with Gasteiger partial charge in [0.2, 0.25) is 11.9 Å². The fourth-order valence-corrected chi connectivity index (χ4v) is 0.375. The number of nitrogens with zero attached hydrogens (tertiary/aromatic N) is 2. The zero-order chi connectivity index (χ0) is 5.98. The highest BCUT2D eigenvalue weighted by molar-refractivity contribution is 4.80. The van der Waals surface area contributed by atoms with E-state index >= 15 is 0 Å². The van der Waals surface area contributed by atoms with E-state index in [2.05, 4.69) is 11.2 Å². The Morgan fingerprint density at radius 2 is 2.62 bits per heavy atom. The molecular formula is C5H5N2O. The van der Waals surface area contributed by atoms with Gasteiger partial charge in [-0.1, -0.05) is 0 Å². The lowest BCUT2D eigenvalue weighted by Gasteiger charge is -1.94. The van der Waals surface area contributed by atoms with E-state index in [1.165, 1.54) is 12.4 Å². The van der Waals surface area contributed by atoms with E-state index in [1.807, 2.05) is 0 Å². The van der Waals surface area contributed by atoms with Gasteiger partial charge >= 0.3 is 0 Å². The highest BCUT2D eigenvalue weighted by atomic mass is 16.5. The van der Waals surface area contributed by atoms with Crippen molar-refractivity contribution in [2.45, 2.75) is 6.92 Å². The fraction of sp³-hybridized carbons (Fsp3) is 0.200. The Labute approximate surface area is 47.2 Å². The van der Waals surface area contributed by atoms with E-state index < -0.39 is 0 Å². The third-order valence-corrected chi connectivity index (χ3v) is 0.849. The number of hydrogen-bond acceptors (Lipinski definition) is 2. The second-order valence-electron chi connectivity index (χ2n) is 1.48. The molecular weight excluding hydrogens is 104 g/mol. The molecule has 0 bridgehead atoms. The summed E-state index contributed by atoms with van der Waals surface area (Å²) in [6, 6.07) is 0. The predicted molar refractivity (Wildman–Crippen MR) is 26.8 cm³/mol. The molecule has 0 atom stereocenters. The molecule has 0 aliphatic rings. The van der Waals surface area contributed by atoms with Crippen molar-refractivity contribution in [1.82, 2.24) is 4.98 Å². The van der Waals surface area contributed by atoms with Crippen LogP contribution < -0.4 is 4.73 Å². The minimum atomic E-state index is 0.587. The molecule has 1 radical (unpaired) electrons. The molecule has 41 valence electrons. The first-order valence-electron chi connectivity index (χ1n) is 2.22. The van der Waals surface area contributed by atoms with Gasteiger partial charge in [0.05, 0.1) is 6.20 Å². The van der Waals surface area contributed by atoms with Crippen molar-refractivity contribution in [2.24, 2.45) is 0 Å². The minimum absolute atomic E-state index is 0.587. The molecule has 0 aliphatic heterocycles. The summed E-state index contributed by atoms with van der Waals surface area (Å²) in [6.45, 7) is 1.69. The monoisotopic (exact) mass is 109 g/mol. The standard InChI is InChI=1S/C5H5N2O/c1-5-4-6-2-3-7(5)8/h3-4H,1H3. The Balaban J connectivity index is 3.13. The van der Waals surface area contributed by atoms with Crippen molar-refractivity contribution in [3.05, 3.63) is 29.5 Å². The molecule has 1 rings (SSSR count). The van der Waals surface area contributed by atoms with Gasteiger partial charge in [-0.2, -0.15) is 4.73 Å². The van der Waals surface area contributed by atoms with Crippen molar-refractivity contribution in [3.8, 4) is 0 Å². The number of aryl methyl sites for hydroxylation is 1. The van der Waals surface area contributed by atoms with Gasteiger partial charge in [0.1, 0.15) is 0 Å². The van der Waals surface area contributed by atoms with Crippen LogP contribution in [0.2, 0.25) is 0 Å². The highest BCUT2D eigenvalue weighted by Gasteiger charge is 1.91. The number of hydrogen-bond donors (Lipinski definition) is 0. The second-order valence-corrected chi connectivity index (χ2v) is 1.48. The molecule has 0 amide bonds. The summed E-state index contributed by atoms with van der Waals surface area (Å²) < 4.78 is 0.715. The summed E-state index contributed by atoms with van der Waals surface area (Å²) >= 11 is 0. The van der Waals surface area contributed by atoms with Crippen LogP contribution in [0.4, 0.5) is 0 Å². The quantitative estimate of drug-likeness (QED) is 0.342. The summed E-state index contributed by atoms with van der Waals surface area (Å²) in [4.78, 5) is 3.60. The fourth-order valence-electron chi connectivity index (χ4n) is 0.375. The normalized spacial score (nSPS) is 9.12. The minimum Gasteiger partial charge on any atom is -0.618 e. The van der Waals surface area contributed by atoms with Gasteiger partial charge < -0.3 is 5.21 Å². The maximum absolute atomic E-state index is 10.5. The third-order valence-electron chi connectivity index (χ3n) is 0.849. The zero-order valence-electron chi connectivity index (χ0n) is 4.46. The lowest BCUT2D eigenvalue weighted by atomic mass is 10.5. The predicted octanol–water partition coefficient (Wildman–Crippen LogP) is -0.176. The van der Waals surface area contributed by atoms with E-state index in [0.717, 1.165) is 0 Å². The van der Waals surface area contributed by atoms with Crippen LogP contribution >= 0.6 is 0 Å². The summed E-state index contributed by atoms with van der Waals surface area (Å²) in [7, 11) is 0. The Bertz CT molecular complexity index is 167. The van der Waals surface area contributed by atoms with Gasteiger partial charge in [-0.05, 0) is 0 Å². The van der Waals surface area contributed by atoms with Crippen LogP contribution in [0.1, 0.15) is 5.69 Å². The summed E-state index contributed by atoms with van der Waals surface area (Å²) in [5.41, 5.74) is 0.587. The average molecular weight is 109 g/mol. The highest BCUT2D eigenvalue weighted by Crippen LogP contribution is 1.78. The molecule has 1 heterocycles. The van der Waals surface area contributed by atoms with Gasteiger partial charge in [-0.15, -0.1) is 0 Å². The van der Waals surface area contributed by atoms with Crippen molar-refractivity contribution in [3.63, 3.8) is 0 Å². The van der Waals surface area contributed by atoms with Gasteiger partial charge in [0, 0.05) is 6.92 Å². The molecule has 8 heavy (non-hydrogen) atoms. The first kappa shape index (κ1) is 5.03.